The van der Waals surface area contributed by atoms with Crippen LogP contribution in [-0.2, 0) is 20.7 Å². The molecule has 0 saturated carbocycles. The Morgan fingerprint density at radius 2 is 0.981 bits per heavy atom. The van der Waals surface area contributed by atoms with Crippen LogP contribution in [0, 0.1) is 0 Å². The zero-order valence-electron chi connectivity index (χ0n) is 30.4. The molecule has 6 rings (SSSR count). The molecule has 1 aliphatic carbocycles. The van der Waals surface area contributed by atoms with E-state index in [0.717, 1.165) is 23.5 Å². The number of carbonyl (C=O) groups excluding carboxylic acids is 1. The lowest BCUT2D eigenvalue weighted by molar-refractivity contribution is -0.00436. The molecule has 5 aromatic carbocycles. The van der Waals surface area contributed by atoms with E-state index in [1.165, 1.54) is 58.2 Å². The summed E-state index contributed by atoms with van der Waals surface area (Å²) >= 11 is 0. The maximum atomic E-state index is 11.8. The van der Waals surface area contributed by atoms with E-state index in [-0.39, 0.29) is 35.9 Å². The van der Waals surface area contributed by atoms with Crippen LogP contribution < -0.4 is 14.2 Å². The van der Waals surface area contributed by atoms with Crippen LogP contribution in [0.3, 0.4) is 0 Å². The van der Waals surface area contributed by atoms with E-state index >= 15 is 0 Å². The topological polar surface area (TPSA) is 115 Å². The SMILES string of the molecule is C.COc1ccc(C(C)(C)c2ccc(C(C)(c3ccc(OC)cc3)c3ccc(OC)cc3)cc2)cc1.CS(=O)(=O)c1cccc2c1C=CC(=[N+]=[N-])C2=O.[HH]. The summed E-state index contributed by atoms with van der Waals surface area (Å²) < 4.78 is 39.2. The lowest BCUT2D eigenvalue weighted by Gasteiger charge is -2.33. The Morgan fingerprint density at radius 1 is 0.604 bits per heavy atom. The maximum absolute atomic E-state index is 11.8. The number of Topliss-reactive ketones (excluding diaryl/α,β-unsaturated/α-hetero) is 1. The van der Waals surface area contributed by atoms with Crippen molar-refractivity contribution >= 4 is 27.4 Å². The molecule has 0 saturated heterocycles. The van der Waals surface area contributed by atoms with Crippen LogP contribution in [0.1, 0.15) is 73.4 Å². The summed E-state index contributed by atoms with van der Waals surface area (Å²) in [6.45, 7) is 6.80. The number of fused-ring (bicyclic) bond motifs is 1. The molecule has 0 atom stereocenters. The van der Waals surface area contributed by atoms with Crippen LogP contribution in [0.15, 0.2) is 126 Å². The van der Waals surface area contributed by atoms with Crippen molar-refractivity contribution in [1.29, 1.82) is 0 Å². The summed E-state index contributed by atoms with van der Waals surface area (Å²) in [6.07, 6.45) is 3.83. The van der Waals surface area contributed by atoms with Crippen molar-refractivity contribution < 1.29 is 33.6 Å². The van der Waals surface area contributed by atoms with Gasteiger partial charge >= 0.3 is 5.71 Å². The highest BCUT2D eigenvalue weighted by atomic mass is 32.2. The number of hydrogen-bond donors (Lipinski definition) is 0. The molecule has 0 aliphatic heterocycles. The van der Waals surface area contributed by atoms with Gasteiger partial charge in [-0.1, -0.05) is 94.1 Å². The average molecular weight is 733 g/mol. The predicted octanol–water partition coefficient (Wildman–Crippen LogP) is 9.25. The summed E-state index contributed by atoms with van der Waals surface area (Å²) in [7, 11) is 1.69. The number of sulfone groups is 1. The number of allylic oxidation sites excluding steroid dienone is 1. The molecule has 0 bridgehead atoms. The summed E-state index contributed by atoms with van der Waals surface area (Å²) in [6, 6.07) is 38.5. The standard InChI is InChI=1S/C32H34O3.C11H8N2O3S.CH4.H2/c1-31(2,24-11-17-28(33-4)18-12-24)23-7-9-25(10-8-23)32(3,26-13-19-29(34-5)20-14-26)27-15-21-30(35-6)22-16-27;1-17(15,16)10-4-2-3-8-7(10)5-6-9(13-12)11(8)14;;/h7-22H,1-6H3;2-6H,1H3;1H4;1H. The van der Waals surface area contributed by atoms with E-state index in [1.807, 2.05) is 36.4 Å². The fourth-order valence-electron chi connectivity index (χ4n) is 6.44. The number of carbonyl (C=O) groups is 1. The number of rotatable bonds is 9. The van der Waals surface area contributed by atoms with Crippen LogP contribution in [0.2, 0.25) is 0 Å². The molecule has 0 spiro atoms. The molecular formula is C44H48N2O6S. The average Bonchev–Trinajstić information content (AvgIpc) is 3.17. The second kappa shape index (κ2) is 16.3. The molecule has 0 fully saturated rings. The lowest BCUT2D eigenvalue weighted by atomic mass is 9.70. The van der Waals surface area contributed by atoms with Gasteiger partial charge in [-0.15, -0.1) is 0 Å². The largest absolute Gasteiger partial charge is 0.497 e. The maximum Gasteiger partial charge on any atom is 0.362 e. The Morgan fingerprint density at radius 3 is 1.36 bits per heavy atom. The number of nitrogens with zero attached hydrogens (tertiary/aromatic N) is 2. The zero-order chi connectivity index (χ0) is 37.7. The van der Waals surface area contributed by atoms with Gasteiger partial charge in [-0.3, -0.25) is 4.79 Å². The highest BCUT2D eigenvalue weighted by Gasteiger charge is 2.33. The molecule has 9 heteroatoms. The van der Waals surface area contributed by atoms with Gasteiger partial charge < -0.3 is 19.7 Å². The normalized spacial score (nSPS) is 12.4. The van der Waals surface area contributed by atoms with E-state index in [4.69, 9.17) is 19.7 Å². The highest BCUT2D eigenvalue weighted by molar-refractivity contribution is 7.90. The molecule has 276 valence electrons. The van der Waals surface area contributed by atoms with Crippen molar-refractivity contribution in [2.45, 2.75) is 43.9 Å². The molecule has 0 N–H and O–H groups in total. The van der Waals surface area contributed by atoms with Crippen LogP contribution in [0.4, 0.5) is 0 Å². The molecule has 0 amide bonds. The van der Waals surface area contributed by atoms with E-state index in [1.54, 1.807) is 21.3 Å². The van der Waals surface area contributed by atoms with Crippen LogP contribution >= 0.6 is 0 Å². The first kappa shape index (κ1) is 40.0. The van der Waals surface area contributed by atoms with Gasteiger partial charge in [0.1, 0.15) is 17.2 Å². The molecule has 1 aliphatic rings. The van der Waals surface area contributed by atoms with Crippen molar-refractivity contribution in [3.8, 4) is 17.2 Å². The van der Waals surface area contributed by atoms with E-state index < -0.39 is 15.6 Å². The van der Waals surface area contributed by atoms with E-state index in [9.17, 15) is 13.2 Å². The quantitative estimate of drug-likeness (QED) is 0.0848. The molecule has 0 aromatic heterocycles. The number of ether oxygens (including phenoxy) is 3. The highest BCUT2D eigenvalue weighted by Crippen LogP contribution is 2.41. The van der Waals surface area contributed by atoms with Crippen molar-refractivity contribution in [3.05, 3.63) is 166 Å². The van der Waals surface area contributed by atoms with Crippen LogP contribution in [0.25, 0.3) is 11.6 Å². The monoisotopic (exact) mass is 732 g/mol. The third kappa shape index (κ3) is 8.17. The van der Waals surface area contributed by atoms with Crippen molar-refractivity contribution in [1.82, 2.24) is 0 Å². The van der Waals surface area contributed by atoms with Gasteiger partial charge in [0.2, 0.25) is 0 Å². The molecule has 8 nitrogen and oxygen atoms in total. The fraction of sp³-hybridized carbons (Fsp3) is 0.227. The third-order valence-corrected chi connectivity index (χ3v) is 10.9. The lowest BCUT2D eigenvalue weighted by Crippen LogP contribution is -2.26. The third-order valence-electron chi connectivity index (χ3n) is 9.79. The number of hydrogen-bond acceptors (Lipinski definition) is 6. The van der Waals surface area contributed by atoms with Crippen LogP contribution in [0.5, 0.6) is 17.2 Å². The minimum absolute atomic E-state index is 0. The predicted molar refractivity (Wildman–Crippen MR) is 213 cm³/mol. The Bertz CT molecular complexity index is 2210. The van der Waals surface area contributed by atoms with Gasteiger partial charge in [-0.2, -0.15) is 4.79 Å². The van der Waals surface area contributed by atoms with Gasteiger partial charge in [-0.25, -0.2) is 8.42 Å². The second-order valence-corrected chi connectivity index (χ2v) is 15.1. The smallest absolute Gasteiger partial charge is 0.362 e. The summed E-state index contributed by atoms with van der Waals surface area (Å²) in [5.74, 6) is 2.08. The Kier molecular flexibility index (Phi) is 12.3. The first-order chi connectivity index (χ1) is 24.8. The van der Waals surface area contributed by atoms with E-state index in [2.05, 4.69) is 86.2 Å². The molecule has 0 unspecified atom stereocenters. The number of ketones is 1. The minimum Gasteiger partial charge on any atom is -0.497 e. The van der Waals surface area contributed by atoms with Crippen molar-refractivity contribution in [2.75, 3.05) is 27.6 Å². The second-order valence-electron chi connectivity index (χ2n) is 13.2. The Hall–Kier alpha value is -5.76. The fourth-order valence-corrected chi connectivity index (χ4v) is 7.34. The summed E-state index contributed by atoms with van der Waals surface area (Å²) in [4.78, 5) is 14.7. The number of benzene rings is 5. The van der Waals surface area contributed by atoms with Gasteiger partial charge in [0.25, 0.3) is 5.78 Å². The van der Waals surface area contributed by atoms with Crippen LogP contribution in [-0.4, -0.2) is 52.3 Å². The zero-order valence-corrected chi connectivity index (χ0v) is 31.2. The summed E-state index contributed by atoms with van der Waals surface area (Å²) in [5, 5.41) is 0. The molecule has 0 heterocycles. The molecule has 53 heavy (non-hydrogen) atoms. The van der Waals surface area contributed by atoms with Crippen molar-refractivity contribution in [3.63, 3.8) is 0 Å². The van der Waals surface area contributed by atoms with Gasteiger partial charge in [-0.05, 0) is 83.3 Å². The van der Waals surface area contributed by atoms with Gasteiger partial charge in [0, 0.05) is 35.7 Å². The summed E-state index contributed by atoms with van der Waals surface area (Å²) in [5.41, 5.74) is 14.7. The first-order valence-corrected chi connectivity index (χ1v) is 18.5. The Balaban J connectivity index is 0.000000348. The minimum atomic E-state index is -3.40. The molecule has 0 radical (unpaired) electrons. The van der Waals surface area contributed by atoms with Crippen molar-refractivity contribution in [2.24, 2.45) is 0 Å². The van der Waals surface area contributed by atoms with Gasteiger partial charge in [0.05, 0.1) is 26.2 Å². The molecule has 5 aromatic rings. The number of methoxy groups -OCH3 is 3. The van der Waals surface area contributed by atoms with E-state index in [0.29, 0.717) is 5.56 Å². The Labute approximate surface area is 314 Å². The molecular weight excluding hydrogens is 685 g/mol. The van der Waals surface area contributed by atoms with Gasteiger partial charge in [0.15, 0.2) is 9.84 Å². The first-order valence-electron chi connectivity index (χ1n) is 16.6.